The summed E-state index contributed by atoms with van der Waals surface area (Å²) in [5.74, 6) is -1.02. The molecule has 0 spiro atoms. The molecule has 0 saturated heterocycles. The van der Waals surface area contributed by atoms with Crippen LogP contribution in [0, 0.1) is 5.82 Å². The normalized spacial score (nSPS) is 14.1. The number of benzene rings is 6. The first-order valence-electron chi connectivity index (χ1n) is 18.6. The molecular weight excluding hydrogens is 714 g/mol. The van der Waals surface area contributed by atoms with E-state index in [-0.39, 0.29) is 17.8 Å². The number of fused-ring (bicyclic) bond motifs is 2. The van der Waals surface area contributed by atoms with Crippen molar-refractivity contribution in [2.24, 2.45) is 4.99 Å². The first-order valence-corrected chi connectivity index (χ1v) is 18.6. The van der Waals surface area contributed by atoms with Crippen LogP contribution in [-0.4, -0.2) is 38.4 Å². The number of hydrogen-bond acceptors (Lipinski definition) is 4. The van der Waals surface area contributed by atoms with Crippen LogP contribution in [0.2, 0.25) is 0 Å². The van der Waals surface area contributed by atoms with Crippen LogP contribution in [0.3, 0.4) is 0 Å². The lowest BCUT2D eigenvalue weighted by atomic mass is 9.77. The summed E-state index contributed by atoms with van der Waals surface area (Å²) in [4.78, 5) is 42.8. The molecule has 9 rings (SSSR count). The number of rotatable bonds is 9. The minimum Gasteiger partial charge on any atom is -0.361 e. The van der Waals surface area contributed by atoms with Gasteiger partial charge in [-0.1, -0.05) is 121 Å². The summed E-state index contributed by atoms with van der Waals surface area (Å²) in [5.41, 5.74) is 5.77. The van der Waals surface area contributed by atoms with Crippen LogP contribution in [0.5, 0.6) is 0 Å². The number of aromatic nitrogens is 3. The van der Waals surface area contributed by atoms with Gasteiger partial charge in [0.25, 0.3) is 5.91 Å². The highest BCUT2D eigenvalue weighted by atomic mass is 19.1. The highest BCUT2D eigenvalue weighted by Crippen LogP contribution is 2.41. The molecule has 3 N–H and O–H groups in total. The molecule has 10 heteroatoms. The molecule has 0 aliphatic carbocycles. The molecule has 0 unspecified atom stereocenters. The fraction of sp³-hybridized carbons (Fsp3) is 0.0638. The Hall–Kier alpha value is -7.59. The Morgan fingerprint density at radius 3 is 2.02 bits per heavy atom. The Labute approximate surface area is 328 Å². The number of urea groups is 1. The number of H-pyrrole nitrogens is 1. The number of hydrogen-bond donors (Lipinski definition) is 3. The third-order valence-corrected chi connectivity index (χ3v) is 10.3. The summed E-state index contributed by atoms with van der Waals surface area (Å²) in [6.07, 6.45) is 4.15. The van der Waals surface area contributed by atoms with Crippen molar-refractivity contribution in [3.05, 3.63) is 222 Å². The lowest BCUT2D eigenvalue weighted by Gasteiger charge is -2.37. The van der Waals surface area contributed by atoms with Gasteiger partial charge in [0, 0.05) is 40.1 Å². The smallest absolute Gasteiger partial charge is 0.321 e. The number of aromatic amines is 1. The lowest BCUT2D eigenvalue weighted by Crippen LogP contribution is -2.48. The Morgan fingerprint density at radius 2 is 1.35 bits per heavy atom. The molecule has 1 aliphatic rings. The van der Waals surface area contributed by atoms with Crippen molar-refractivity contribution in [3.8, 4) is 0 Å². The highest BCUT2D eigenvalue weighted by Gasteiger charge is 2.39. The summed E-state index contributed by atoms with van der Waals surface area (Å²) in [5, 5.41) is 6.53. The van der Waals surface area contributed by atoms with E-state index in [2.05, 4.69) is 56.6 Å². The van der Waals surface area contributed by atoms with Crippen LogP contribution in [0.25, 0.3) is 10.9 Å². The van der Waals surface area contributed by atoms with Crippen molar-refractivity contribution in [2.45, 2.75) is 18.2 Å². The third-order valence-electron chi connectivity index (χ3n) is 10.3. The van der Waals surface area contributed by atoms with Crippen molar-refractivity contribution in [2.75, 3.05) is 10.2 Å². The standard InChI is InChI=1S/C47H36FN7O2/c48-40-22-12-10-20-38(40)43-39-21-11-13-23-42(39)55(45(56)44(52-43)53-46(57)51-36-24-25-41-32(28-36)26-27-49-41)30-37-29-54(31-50-37)47(33-14-4-1-5-15-33,34-16-6-2-7-17-34)35-18-8-3-9-19-35/h1-29,31,44,49H,30H2,(H2,51,53,57)/t44-/m0/s1. The van der Waals surface area contributed by atoms with E-state index >= 15 is 4.39 Å². The van der Waals surface area contributed by atoms with Gasteiger partial charge in [0.05, 0.1) is 30.0 Å². The number of amides is 3. The molecule has 1 aliphatic heterocycles. The van der Waals surface area contributed by atoms with Crippen molar-refractivity contribution < 1.29 is 14.0 Å². The predicted octanol–water partition coefficient (Wildman–Crippen LogP) is 8.88. The van der Waals surface area contributed by atoms with Crippen LogP contribution in [0.1, 0.15) is 33.5 Å². The number of carbonyl (C=O) groups is 2. The number of para-hydroxylation sites is 1. The zero-order valence-corrected chi connectivity index (χ0v) is 30.6. The molecule has 0 radical (unpaired) electrons. The molecule has 8 aromatic rings. The number of nitrogens with zero attached hydrogens (tertiary/aromatic N) is 4. The fourth-order valence-electron chi connectivity index (χ4n) is 7.75. The summed E-state index contributed by atoms with van der Waals surface area (Å²) in [6.45, 7) is 0.0291. The highest BCUT2D eigenvalue weighted by molar-refractivity contribution is 6.20. The lowest BCUT2D eigenvalue weighted by molar-refractivity contribution is -0.120. The second-order valence-electron chi connectivity index (χ2n) is 13.8. The molecule has 3 heterocycles. The zero-order chi connectivity index (χ0) is 38.8. The van der Waals surface area contributed by atoms with Gasteiger partial charge in [-0.2, -0.15) is 0 Å². The van der Waals surface area contributed by atoms with Crippen molar-refractivity contribution in [3.63, 3.8) is 0 Å². The van der Waals surface area contributed by atoms with Gasteiger partial charge in [0.2, 0.25) is 6.17 Å². The zero-order valence-electron chi connectivity index (χ0n) is 30.6. The van der Waals surface area contributed by atoms with E-state index in [1.165, 1.54) is 6.07 Å². The summed E-state index contributed by atoms with van der Waals surface area (Å²) >= 11 is 0. The summed E-state index contributed by atoms with van der Waals surface area (Å²) in [7, 11) is 0. The third kappa shape index (κ3) is 6.53. The monoisotopic (exact) mass is 749 g/mol. The fourth-order valence-corrected chi connectivity index (χ4v) is 7.75. The van der Waals surface area contributed by atoms with Gasteiger partial charge in [0.15, 0.2) is 0 Å². The molecule has 0 bridgehead atoms. The number of imidazole rings is 1. The minimum absolute atomic E-state index is 0.0291. The number of nitrogens with one attached hydrogen (secondary N) is 3. The maximum absolute atomic E-state index is 15.6. The van der Waals surface area contributed by atoms with Crippen molar-refractivity contribution >= 4 is 39.9 Å². The number of benzodiazepines with no additional fused rings is 1. The van der Waals surface area contributed by atoms with E-state index in [0.29, 0.717) is 22.6 Å². The van der Waals surface area contributed by atoms with E-state index in [1.807, 2.05) is 97.3 Å². The molecule has 1 atom stereocenters. The Bertz CT molecular complexity index is 2650. The Kier molecular flexibility index (Phi) is 9.19. The quantitative estimate of drug-likeness (QED) is 0.128. The van der Waals surface area contributed by atoms with E-state index in [4.69, 9.17) is 9.98 Å². The van der Waals surface area contributed by atoms with Gasteiger partial charge in [-0.15, -0.1) is 0 Å². The Balaban J connectivity index is 1.13. The summed E-state index contributed by atoms with van der Waals surface area (Å²) in [6, 6.07) is 51.0. The van der Waals surface area contributed by atoms with Gasteiger partial charge < -0.3 is 25.1 Å². The van der Waals surface area contributed by atoms with E-state index in [1.54, 1.807) is 47.6 Å². The predicted molar refractivity (Wildman–Crippen MR) is 221 cm³/mol. The van der Waals surface area contributed by atoms with Crippen LogP contribution >= 0.6 is 0 Å². The average molecular weight is 750 g/mol. The van der Waals surface area contributed by atoms with Crippen LogP contribution < -0.4 is 15.5 Å². The van der Waals surface area contributed by atoms with E-state index in [9.17, 15) is 9.59 Å². The maximum atomic E-state index is 15.6. The molecule has 9 nitrogen and oxygen atoms in total. The molecule has 3 amide bonds. The molecule has 57 heavy (non-hydrogen) atoms. The molecular formula is C47H36FN7O2. The van der Waals surface area contributed by atoms with Crippen molar-refractivity contribution in [1.82, 2.24) is 19.9 Å². The second-order valence-corrected chi connectivity index (χ2v) is 13.8. The molecule has 278 valence electrons. The van der Waals surface area contributed by atoms with Gasteiger partial charge in [-0.05, 0) is 59.2 Å². The van der Waals surface area contributed by atoms with Crippen LogP contribution in [-0.2, 0) is 16.9 Å². The van der Waals surface area contributed by atoms with Crippen LogP contribution in [0.15, 0.2) is 188 Å². The maximum Gasteiger partial charge on any atom is 0.321 e. The van der Waals surface area contributed by atoms with E-state index in [0.717, 1.165) is 27.6 Å². The average Bonchev–Trinajstić information content (AvgIpc) is 3.91. The van der Waals surface area contributed by atoms with Crippen LogP contribution in [0.4, 0.5) is 20.6 Å². The number of halogens is 1. The number of anilines is 2. The van der Waals surface area contributed by atoms with E-state index < -0.39 is 29.5 Å². The molecule has 0 fully saturated rings. The SMILES string of the molecule is O=C(Nc1ccc2[nH]ccc2c1)N[C@@H]1N=C(c2ccccc2F)c2ccccc2N(Cc2cn(C(c3ccccc3)(c3ccccc3)c3ccccc3)cn2)C1=O. The first-order chi connectivity index (χ1) is 28.0. The van der Waals surface area contributed by atoms with Gasteiger partial charge >= 0.3 is 6.03 Å². The first kappa shape index (κ1) is 35.1. The number of carbonyl (C=O) groups excluding carboxylic acids is 2. The molecule has 0 saturated carbocycles. The van der Waals surface area contributed by atoms with Gasteiger partial charge in [-0.25, -0.2) is 19.2 Å². The number of aliphatic imine (C=N–C) groups is 1. The topological polar surface area (TPSA) is 107 Å². The van der Waals surface area contributed by atoms with Crippen molar-refractivity contribution in [1.29, 1.82) is 0 Å². The molecule has 6 aromatic carbocycles. The van der Waals surface area contributed by atoms with Gasteiger partial charge in [0.1, 0.15) is 11.4 Å². The van der Waals surface area contributed by atoms with Gasteiger partial charge in [-0.3, -0.25) is 4.79 Å². The largest absolute Gasteiger partial charge is 0.361 e. The minimum atomic E-state index is -1.41. The summed E-state index contributed by atoms with van der Waals surface area (Å²) < 4.78 is 17.6. The second kappa shape index (κ2) is 14.9. The molecule has 2 aromatic heterocycles. The Morgan fingerprint density at radius 1 is 0.737 bits per heavy atom.